The molecule has 4 N–H and O–H groups in total. The van der Waals surface area contributed by atoms with Gasteiger partial charge in [0.05, 0.1) is 0 Å². The summed E-state index contributed by atoms with van der Waals surface area (Å²) in [6, 6.07) is 7.06. The summed E-state index contributed by atoms with van der Waals surface area (Å²) in [6.07, 6.45) is 0.370. The molecule has 18 heavy (non-hydrogen) atoms. The predicted octanol–water partition coefficient (Wildman–Crippen LogP) is 0.0506. The van der Waals surface area contributed by atoms with Crippen molar-refractivity contribution in [3.63, 3.8) is 0 Å². The Morgan fingerprint density at radius 3 is 2.72 bits per heavy atom. The highest BCUT2D eigenvalue weighted by molar-refractivity contribution is 5.74. The minimum Gasteiger partial charge on any atom is -0.480 e. The van der Waals surface area contributed by atoms with Gasteiger partial charge < -0.3 is 21.1 Å². The molecule has 0 radical (unpaired) electrons. The molecule has 1 aromatic carbocycles. The normalized spacial score (nSPS) is 17.5. The molecule has 0 amide bonds. The summed E-state index contributed by atoms with van der Waals surface area (Å²) in [5.41, 5.74) is 7.73. The quantitative estimate of drug-likeness (QED) is 0.703. The Balaban J connectivity index is 2.16. The summed E-state index contributed by atoms with van der Waals surface area (Å²) in [7, 11) is 0. The number of carboxylic acids is 1. The van der Waals surface area contributed by atoms with Crippen LogP contribution in [0.15, 0.2) is 24.3 Å². The second-order valence-corrected chi connectivity index (χ2v) is 4.51. The summed E-state index contributed by atoms with van der Waals surface area (Å²) < 4.78 is 0. The molecule has 0 saturated carbocycles. The van der Waals surface area contributed by atoms with Crippen LogP contribution in [0.3, 0.4) is 0 Å². The topological polar surface area (TPSA) is 78.6 Å². The van der Waals surface area contributed by atoms with Crippen LogP contribution in [0, 0.1) is 0 Å². The standard InChI is InChI=1S/C13H19N3O2/c14-11(13(17)18)9-10-3-1-2-4-12(10)16-7-5-15-6-8-16/h1-4,11,15H,5-9,14H2,(H,17,18). The zero-order valence-electron chi connectivity index (χ0n) is 10.3. The fourth-order valence-corrected chi connectivity index (χ4v) is 2.22. The number of nitrogens with two attached hydrogens (primary N) is 1. The Labute approximate surface area is 107 Å². The van der Waals surface area contributed by atoms with Crippen LogP contribution in [0.4, 0.5) is 5.69 Å². The Kier molecular flexibility index (Phi) is 4.17. The lowest BCUT2D eigenvalue weighted by atomic mass is 10.0. The second-order valence-electron chi connectivity index (χ2n) is 4.51. The minimum absolute atomic E-state index is 0.370. The number of nitrogens with zero attached hydrogens (tertiary/aromatic N) is 1. The van der Waals surface area contributed by atoms with Gasteiger partial charge in [0, 0.05) is 38.3 Å². The first kappa shape index (κ1) is 12.9. The Morgan fingerprint density at radius 2 is 2.06 bits per heavy atom. The number of hydrogen-bond acceptors (Lipinski definition) is 4. The molecule has 0 aliphatic carbocycles. The molecule has 1 heterocycles. The van der Waals surface area contributed by atoms with Crippen molar-refractivity contribution in [2.45, 2.75) is 12.5 Å². The first-order chi connectivity index (χ1) is 8.68. The summed E-state index contributed by atoms with van der Waals surface area (Å²) in [6.45, 7) is 3.80. The third-order valence-corrected chi connectivity index (χ3v) is 3.21. The molecule has 5 heteroatoms. The van der Waals surface area contributed by atoms with E-state index in [-0.39, 0.29) is 0 Å². The van der Waals surface area contributed by atoms with Crippen molar-refractivity contribution in [3.8, 4) is 0 Å². The summed E-state index contributed by atoms with van der Waals surface area (Å²) in [4.78, 5) is 13.1. The van der Waals surface area contributed by atoms with E-state index in [0.717, 1.165) is 37.4 Å². The van der Waals surface area contributed by atoms with Gasteiger partial charge in [-0.15, -0.1) is 0 Å². The molecule has 98 valence electrons. The number of piperazine rings is 1. The van der Waals surface area contributed by atoms with E-state index in [0.29, 0.717) is 6.42 Å². The van der Waals surface area contributed by atoms with Crippen molar-refractivity contribution >= 4 is 11.7 Å². The average Bonchev–Trinajstić information content (AvgIpc) is 2.40. The van der Waals surface area contributed by atoms with Crippen LogP contribution in [-0.4, -0.2) is 43.3 Å². The van der Waals surface area contributed by atoms with Gasteiger partial charge in [-0.05, 0) is 11.6 Å². The minimum atomic E-state index is -0.954. The van der Waals surface area contributed by atoms with E-state index in [4.69, 9.17) is 10.8 Å². The van der Waals surface area contributed by atoms with Crippen LogP contribution < -0.4 is 16.0 Å². The van der Waals surface area contributed by atoms with Crippen molar-refractivity contribution in [2.75, 3.05) is 31.1 Å². The number of carbonyl (C=O) groups is 1. The third kappa shape index (κ3) is 3.00. The van der Waals surface area contributed by atoms with Crippen LogP contribution in [0.5, 0.6) is 0 Å². The van der Waals surface area contributed by atoms with E-state index in [1.165, 1.54) is 0 Å². The van der Waals surface area contributed by atoms with Crippen LogP contribution in [0.2, 0.25) is 0 Å². The highest BCUT2D eigenvalue weighted by Crippen LogP contribution is 2.21. The van der Waals surface area contributed by atoms with Crippen molar-refractivity contribution < 1.29 is 9.90 Å². The monoisotopic (exact) mass is 249 g/mol. The van der Waals surface area contributed by atoms with Crippen molar-refractivity contribution in [2.24, 2.45) is 5.73 Å². The summed E-state index contributed by atoms with van der Waals surface area (Å²) >= 11 is 0. The SMILES string of the molecule is NC(Cc1ccccc1N1CCNCC1)C(=O)O. The number of carboxylic acid groups (broad SMARTS) is 1. The zero-order valence-corrected chi connectivity index (χ0v) is 10.3. The first-order valence-electron chi connectivity index (χ1n) is 6.20. The molecule has 1 fully saturated rings. The van der Waals surface area contributed by atoms with Gasteiger partial charge in [-0.3, -0.25) is 4.79 Å². The van der Waals surface area contributed by atoms with Gasteiger partial charge in [-0.25, -0.2) is 0 Å². The number of nitrogens with one attached hydrogen (secondary N) is 1. The van der Waals surface area contributed by atoms with Gasteiger partial charge in [-0.2, -0.15) is 0 Å². The Hall–Kier alpha value is -1.59. The maximum atomic E-state index is 10.8. The number of anilines is 1. The van der Waals surface area contributed by atoms with E-state index in [1.54, 1.807) is 0 Å². The van der Waals surface area contributed by atoms with Gasteiger partial charge >= 0.3 is 5.97 Å². The average molecular weight is 249 g/mol. The molecule has 1 atom stereocenters. The van der Waals surface area contributed by atoms with Crippen molar-refractivity contribution in [3.05, 3.63) is 29.8 Å². The third-order valence-electron chi connectivity index (χ3n) is 3.21. The molecule has 0 spiro atoms. The van der Waals surface area contributed by atoms with E-state index >= 15 is 0 Å². The number of para-hydroxylation sites is 1. The highest BCUT2D eigenvalue weighted by Gasteiger charge is 2.18. The molecule has 1 unspecified atom stereocenters. The maximum Gasteiger partial charge on any atom is 0.320 e. The van der Waals surface area contributed by atoms with E-state index in [2.05, 4.69) is 10.2 Å². The molecule has 2 rings (SSSR count). The lowest BCUT2D eigenvalue weighted by Crippen LogP contribution is -2.44. The van der Waals surface area contributed by atoms with Gasteiger partial charge in [0.2, 0.25) is 0 Å². The summed E-state index contributed by atoms with van der Waals surface area (Å²) in [5, 5.41) is 12.2. The molecule has 5 nitrogen and oxygen atoms in total. The molecule has 1 aromatic rings. The number of benzene rings is 1. The smallest absolute Gasteiger partial charge is 0.320 e. The molecular weight excluding hydrogens is 230 g/mol. The lowest BCUT2D eigenvalue weighted by Gasteiger charge is -2.31. The lowest BCUT2D eigenvalue weighted by molar-refractivity contribution is -0.138. The van der Waals surface area contributed by atoms with Gasteiger partial charge in [0.25, 0.3) is 0 Å². The number of aliphatic carboxylic acids is 1. The van der Waals surface area contributed by atoms with Crippen LogP contribution in [-0.2, 0) is 11.2 Å². The fourth-order valence-electron chi connectivity index (χ4n) is 2.22. The van der Waals surface area contributed by atoms with Crippen LogP contribution in [0.1, 0.15) is 5.56 Å². The zero-order chi connectivity index (χ0) is 13.0. The van der Waals surface area contributed by atoms with Gasteiger partial charge in [0.15, 0.2) is 0 Å². The largest absolute Gasteiger partial charge is 0.480 e. The molecule has 1 aliphatic heterocycles. The fraction of sp³-hybridized carbons (Fsp3) is 0.462. The molecule has 0 aromatic heterocycles. The number of hydrogen-bond donors (Lipinski definition) is 3. The van der Waals surface area contributed by atoms with E-state index < -0.39 is 12.0 Å². The maximum absolute atomic E-state index is 10.8. The first-order valence-corrected chi connectivity index (χ1v) is 6.20. The highest BCUT2D eigenvalue weighted by atomic mass is 16.4. The Bertz CT molecular complexity index is 416. The molecular formula is C13H19N3O2. The predicted molar refractivity (Wildman–Crippen MR) is 70.8 cm³/mol. The molecule has 0 bridgehead atoms. The summed E-state index contributed by atoms with van der Waals surface area (Å²) in [5.74, 6) is -0.954. The van der Waals surface area contributed by atoms with Crippen molar-refractivity contribution in [1.82, 2.24) is 5.32 Å². The van der Waals surface area contributed by atoms with Crippen LogP contribution >= 0.6 is 0 Å². The second kappa shape index (κ2) is 5.84. The van der Waals surface area contributed by atoms with E-state index in [1.807, 2.05) is 24.3 Å². The van der Waals surface area contributed by atoms with Crippen molar-refractivity contribution in [1.29, 1.82) is 0 Å². The molecule has 1 aliphatic rings. The van der Waals surface area contributed by atoms with Gasteiger partial charge in [-0.1, -0.05) is 18.2 Å². The van der Waals surface area contributed by atoms with E-state index in [9.17, 15) is 4.79 Å². The van der Waals surface area contributed by atoms with Crippen LogP contribution in [0.25, 0.3) is 0 Å². The Morgan fingerprint density at radius 1 is 1.39 bits per heavy atom. The van der Waals surface area contributed by atoms with Gasteiger partial charge in [0.1, 0.15) is 6.04 Å². The molecule has 1 saturated heterocycles. The number of rotatable bonds is 4.